The second-order valence-electron chi connectivity index (χ2n) is 17.2. The van der Waals surface area contributed by atoms with Gasteiger partial charge in [0, 0.05) is 51.7 Å². The monoisotopic (exact) mass is 887 g/mol. The van der Waals surface area contributed by atoms with Crippen LogP contribution in [0.3, 0.4) is 0 Å². The van der Waals surface area contributed by atoms with E-state index in [4.69, 9.17) is 0 Å². The zero-order valence-corrected chi connectivity index (χ0v) is 38.1. The van der Waals surface area contributed by atoms with Crippen molar-refractivity contribution < 1.29 is 0 Å². The van der Waals surface area contributed by atoms with Crippen molar-refractivity contribution in [3.8, 4) is 55.6 Å². The normalized spacial score (nSPS) is 11.6. The highest BCUT2D eigenvalue weighted by Gasteiger charge is 2.23. The van der Waals surface area contributed by atoms with Gasteiger partial charge in [-0.25, -0.2) is 0 Å². The van der Waals surface area contributed by atoms with Crippen molar-refractivity contribution in [2.24, 2.45) is 0 Å². The Hall–Kier alpha value is -8.08. The zero-order chi connectivity index (χ0) is 44.3. The van der Waals surface area contributed by atoms with Gasteiger partial charge in [0.15, 0.2) is 0 Å². The van der Waals surface area contributed by atoms with E-state index in [0.29, 0.717) is 0 Å². The van der Waals surface area contributed by atoms with E-state index in [1.807, 2.05) is 22.7 Å². The molecular formula is C64H41NS2. The minimum atomic E-state index is 1.10. The van der Waals surface area contributed by atoms with E-state index in [9.17, 15) is 0 Å². The topological polar surface area (TPSA) is 3.24 Å². The molecule has 0 spiro atoms. The molecule has 2 heterocycles. The summed E-state index contributed by atoms with van der Waals surface area (Å²) in [5.74, 6) is 0. The first-order chi connectivity index (χ1) is 33.2. The van der Waals surface area contributed by atoms with Gasteiger partial charge in [-0.2, -0.15) is 0 Å². The molecule has 13 aromatic rings. The van der Waals surface area contributed by atoms with E-state index in [1.165, 1.54) is 107 Å². The molecule has 0 fully saturated rings. The van der Waals surface area contributed by atoms with Crippen molar-refractivity contribution >= 4 is 90.9 Å². The second kappa shape index (κ2) is 16.4. The predicted molar refractivity (Wildman–Crippen MR) is 292 cm³/mol. The number of benzene rings is 11. The summed E-state index contributed by atoms with van der Waals surface area (Å²) < 4.78 is 5.13. The molecular weight excluding hydrogens is 847 g/mol. The third kappa shape index (κ3) is 6.91. The molecule has 0 atom stereocenters. The fourth-order valence-electron chi connectivity index (χ4n) is 10.1. The van der Waals surface area contributed by atoms with Crippen LogP contribution in [0.25, 0.3) is 107 Å². The van der Waals surface area contributed by atoms with Gasteiger partial charge in [0.25, 0.3) is 0 Å². The van der Waals surface area contributed by atoms with Crippen LogP contribution in [0.1, 0.15) is 0 Å². The Kier molecular flexibility index (Phi) is 9.63. The first-order valence-electron chi connectivity index (χ1n) is 22.8. The van der Waals surface area contributed by atoms with Gasteiger partial charge >= 0.3 is 0 Å². The van der Waals surface area contributed by atoms with E-state index in [2.05, 4.69) is 254 Å². The Labute approximate surface area is 397 Å². The lowest BCUT2D eigenvalue weighted by atomic mass is 9.89. The fraction of sp³-hybridized carbons (Fsp3) is 0. The molecule has 2 aromatic heterocycles. The number of thiophene rings is 2. The SMILES string of the molecule is c1ccc(-c2ccc3c(c2)sc2ccc(N(c4ccc(-c5c(-c6ccccc6)ccc6ccccc56)cc4)c4ccc(-c5ccccc5)c5sc6cc(-c7ccccc7)ccc6c45)cc23)cc1. The van der Waals surface area contributed by atoms with Gasteiger partial charge in [-0.05, 0) is 115 Å². The third-order valence-electron chi connectivity index (χ3n) is 13.3. The Morgan fingerprint density at radius 1 is 0.284 bits per heavy atom. The van der Waals surface area contributed by atoms with Crippen LogP contribution < -0.4 is 4.90 Å². The molecule has 67 heavy (non-hydrogen) atoms. The van der Waals surface area contributed by atoms with E-state index < -0.39 is 0 Å². The lowest BCUT2D eigenvalue weighted by molar-refractivity contribution is 1.31. The van der Waals surface area contributed by atoms with E-state index >= 15 is 0 Å². The van der Waals surface area contributed by atoms with E-state index in [0.717, 1.165) is 17.1 Å². The summed E-state index contributed by atoms with van der Waals surface area (Å²) >= 11 is 3.76. The van der Waals surface area contributed by atoms with Gasteiger partial charge in [0.2, 0.25) is 0 Å². The molecule has 0 saturated heterocycles. The Bertz CT molecular complexity index is 3950. The molecule has 0 saturated carbocycles. The molecule has 0 aliphatic rings. The molecule has 0 aliphatic heterocycles. The molecule has 0 N–H and O–H groups in total. The molecule has 314 valence electrons. The summed E-state index contributed by atoms with van der Waals surface area (Å²) in [6, 6.07) is 91.4. The molecule has 0 aliphatic carbocycles. The van der Waals surface area contributed by atoms with Gasteiger partial charge < -0.3 is 4.90 Å². The minimum Gasteiger partial charge on any atom is -0.310 e. The molecule has 1 nitrogen and oxygen atoms in total. The number of anilines is 3. The van der Waals surface area contributed by atoms with Crippen molar-refractivity contribution in [3.05, 3.63) is 249 Å². The summed E-state index contributed by atoms with van der Waals surface area (Å²) in [7, 11) is 0. The summed E-state index contributed by atoms with van der Waals surface area (Å²) in [6.07, 6.45) is 0. The van der Waals surface area contributed by atoms with Crippen molar-refractivity contribution in [1.29, 1.82) is 0 Å². The standard InChI is InChI=1S/C64H41NS2/c1-5-15-42(16-6-1)48-28-34-55-57-41-51(32-38-59(57)66-60(55)39-48)65(50-30-25-47(26-31-50)62-52-24-14-13-23-46(52)27-33-53(62)44-19-9-3-10-20-44)58-37-36-54(45-21-11-4-12-22-45)64-63(58)56-35-29-49(40-61(56)67-64)43-17-7-2-8-18-43/h1-41H. The Morgan fingerprint density at radius 2 is 0.821 bits per heavy atom. The molecule has 0 unspecified atom stereocenters. The van der Waals surface area contributed by atoms with Gasteiger partial charge in [0.05, 0.1) is 5.69 Å². The lowest BCUT2D eigenvalue weighted by Crippen LogP contribution is -2.10. The first kappa shape index (κ1) is 39.3. The van der Waals surface area contributed by atoms with E-state index in [-0.39, 0.29) is 0 Å². The van der Waals surface area contributed by atoms with Crippen LogP contribution >= 0.6 is 22.7 Å². The van der Waals surface area contributed by atoms with Crippen molar-refractivity contribution in [2.75, 3.05) is 4.90 Å². The lowest BCUT2D eigenvalue weighted by Gasteiger charge is -2.27. The summed E-state index contributed by atoms with van der Waals surface area (Å²) in [5, 5.41) is 7.54. The minimum absolute atomic E-state index is 1.10. The quantitative estimate of drug-likeness (QED) is 0.147. The molecule has 0 radical (unpaired) electrons. The van der Waals surface area contributed by atoms with Gasteiger partial charge in [0.1, 0.15) is 0 Å². The zero-order valence-electron chi connectivity index (χ0n) is 36.4. The number of rotatable bonds is 8. The number of fused-ring (bicyclic) bond motifs is 7. The van der Waals surface area contributed by atoms with Crippen LogP contribution in [-0.2, 0) is 0 Å². The summed E-state index contributed by atoms with van der Waals surface area (Å²) in [5.41, 5.74) is 15.6. The maximum atomic E-state index is 2.50. The van der Waals surface area contributed by atoms with Crippen LogP contribution in [0.15, 0.2) is 249 Å². The largest absolute Gasteiger partial charge is 0.310 e. The fourth-order valence-corrected chi connectivity index (χ4v) is 12.5. The average Bonchev–Trinajstić information content (AvgIpc) is 3.98. The molecule has 0 amide bonds. The van der Waals surface area contributed by atoms with Crippen molar-refractivity contribution in [1.82, 2.24) is 0 Å². The predicted octanol–water partition coefficient (Wildman–Crippen LogP) is 19.4. The van der Waals surface area contributed by atoms with Gasteiger partial charge in [-0.3, -0.25) is 0 Å². The highest BCUT2D eigenvalue weighted by Crippen LogP contribution is 2.50. The van der Waals surface area contributed by atoms with Crippen molar-refractivity contribution in [2.45, 2.75) is 0 Å². The van der Waals surface area contributed by atoms with Gasteiger partial charge in [-0.1, -0.05) is 200 Å². The van der Waals surface area contributed by atoms with Gasteiger partial charge in [-0.15, -0.1) is 22.7 Å². The van der Waals surface area contributed by atoms with Crippen LogP contribution in [-0.4, -0.2) is 0 Å². The highest BCUT2D eigenvalue weighted by atomic mass is 32.1. The maximum absolute atomic E-state index is 2.50. The molecule has 11 aromatic carbocycles. The third-order valence-corrected chi connectivity index (χ3v) is 15.6. The Balaban J connectivity index is 1.04. The van der Waals surface area contributed by atoms with Crippen molar-refractivity contribution in [3.63, 3.8) is 0 Å². The number of hydrogen-bond acceptors (Lipinski definition) is 3. The van der Waals surface area contributed by atoms with Crippen LogP contribution in [0.5, 0.6) is 0 Å². The smallest absolute Gasteiger partial charge is 0.0555 e. The first-order valence-corrected chi connectivity index (χ1v) is 24.4. The molecule has 0 bridgehead atoms. The number of nitrogens with zero attached hydrogens (tertiary/aromatic N) is 1. The second-order valence-corrected chi connectivity index (χ2v) is 19.3. The average molecular weight is 888 g/mol. The van der Waals surface area contributed by atoms with Crippen LogP contribution in [0.2, 0.25) is 0 Å². The Morgan fingerprint density at radius 3 is 1.49 bits per heavy atom. The highest BCUT2D eigenvalue weighted by molar-refractivity contribution is 7.26. The molecule has 3 heteroatoms. The number of hydrogen-bond donors (Lipinski definition) is 0. The summed E-state index contributed by atoms with van der Waals surface area (Å²) in [4.78, 5) is 2.50. The van der Waals surface area contributed by atoms with E-state index in [1.54, 1.807) is 0 Å². The van der Waals surface area contributed by atoms with Crippen LogP contribution in [0.4, 0.5) is 17.1 Å². The maximum Gasteiger partial charge on any atom is 0.0555 e. The molecule has 13 rings (SSSR count). The van der Waals surface area contributed by atoms with Crippen LogP contribution in [0, 0.1) is 0 Å². The summed E-state index contributed by atoms with van der Waals surface area (Å²) in [6.45, 7) is 0.